The number of carbonyl (C=O) groups is 2. The summed E-state index contributed by atoms with van der Waals surface area (Å²) in [5.74, 6) is 0.307. The molecule has 4 N–H and O–H groups in total. The molecule has 0 fully saturated rings. The zero-order valence-electron chi connectivity index (χ0n) is 15.0. The minimum atomic E-state index is -0.526. The summed E-state index contributed by atoms with van der Waals surface area (Å²) in [6.45, 7) is 1.14. The lowest BCUT2D eigenvalue weighted by Gasteiger charge is -2.18. The average Bonchev–Trinajstić information content (AvgIpc) is 2.66. The highest BCUT2D eigenvalue weighted by Crippen LogP contribution is 2.27. The molecule has 0 aliphatic heterocycles. The Morgan fingerprint density at radius 3 is 1.92 bits per heavy atom. The van der Waals surface area contributed by atoms with Gasteiger partial charge in [-0.1, -0.05) is 60.7 Å². The number of hydrogen-bond donors (Lipinski definition) is 3. The first-order chi connectivity index (χ1) is 12.7. The predicted molar refractivity (Wildman–Crippen MR) is 104 cm³/mol. The lowest BCUT2D eigenvalue weighted by atomic mass is 9.88. The van der Waals surface area contributed by atoms with Crippen molar-refractivity contribution in [2.24, 2.45) is 5.73 Å². The summed E-state index contributed by atoms with van der Waals surface area (Å²) in [5, 5.41) is 5.52. The van der Waals surface area contributed by atoms with Gasteiger partial charge in [-0.05, 0) is 30.4 Å². The number of nitrogens with one attached hydrogen (secondary N) is 2. The van der Waals surface area contributed by atoms with Crippen molar-refractivity contribution in [3.8, 4) is 0 Å². The number of unbranched alkanes of at least 4 members (excludes halogenated alkanes) is 1. The van der Waals surface area contributed by atoms with Crippen LogP contribution in [-0.2, 0) is 4.79 Å². The van der Waals surface area contributed by atoms with Gasteiger partial charge in [-0.15, -0.1) is 0 Å². The second-order valence-electron chi connectivity index (χ2n) is 6.26. The Kier molecular flexibility index (Phi) is 8.19. The molecule has 0 atom stereocenters. The van der Waals surface area contributed by atoms with Crippen LogP contribution in [0.5, 0.6) is 0 Å². The summed E-state index contributed by atoms with van der Waals surface area (Å²) in [5.41, 5.74) is 7.51. The van der Waals surface area contributed by atoms with E-state index in [1.807, 2.05) is 36.4 Å². The Hall–Kier alpha value is -2.82. The van der Waals surface area contributed by atoms with Gasteiger partial charge in [0.1, 0.15) is 0 Å². The molecule has 2 aromatic rings. The van der Waals surface area contributed by atoms with Crippen LogP contribution in [0.3, 0.4) is 0 Å². The number of amides is 3. The molecular weight excluding hydrogens is 326 g/mol. The summed E-state index contributed by atoms with van der Waals surface area (Å²) < 4.78 is 0. The van der Waals surface area contributed by atoms with Gasteiger partial charge in [-0.3, -0.25) is 4.79 Å². The molecule has 2 aromatic carbocycles. The Bertz CT molecular complexity index is 635. The molecule has 2 rings (SSSR count). The fourth-order valence-corrected chi connectivity index (χ4v) is 2.96. The predicted octanol–water partition coefficient (Wildman–Crippen LogP) is 3.16. The van der Waals surface area contributed by atoms with Crippen molar-refractivity contribution in [3.05, 3.63) is 71.8 Å². The van der Waals surface area contributed by atoms with Crippen molar-refractivity contribution < 1.29 is 9.59 Å². The minimum Gasteiger partial charge on any atom is -0.356 e. The van der Waals surface area contributed by atoms with Gasteiger partial charge < -0.3 is 16.4 Å². The van der Waals surface area contributed by atoms with Crippen LogP contribution in [-0.4, -0.2) is 25.0 Å². The van der Waals surface area contributed by atoms with Crippen LogP contribution < -0.4 is 16.4 Å². The van der Waals surface area contributed by atoms with Crippen LogP contribution in [0.15, 0.2) is 60.7 Å². The third kappa shape index (κ3) is 6.97. The molecule has 26 heavy (non-hydrogen) atoms. The third-order valence-electron chi connectivity index (χ3n) is 4.29. The van der Waals surface area contributed by atoms with E-state index < -0.39 is 6.03 Å². The Balaban J connectivity index is 1.79. The van der Waals surface area contributed by atoms with E-state index in [9.17, 15) is 9.59 Å². The molecule has 0 bridgehead atoms. The van der Waals surface area contributed by atoms with E-state index >= 15 is 0 Å². The first-order valence-electron chi connectivity index (χ1n) is 9.06. The van der Waals surface area contributed by atoms with Crippen LogP contribution in [0.2, 0.25) is 0 Å². The maximum atomic E-state index is 12.0. The van der Waals surface area contributed by atoms with E-state index in [-0.39, 0.29) is 11.8 Å². The second kappa shape index (κ2) is 10.9. The lowest BCUT2D eigenvalue weighted by Crippen LogP contribution is -2.30. The van der Waals surface area contributed by atoms with Crippen molar-refractivity contribution in [1.82, 2.24) is 10.6 Å². The summed E-state index contributed by atoms with van der Waals surface area (Å²) in [6, 6.07) is 20.2. The molecule has 0 saturated carbocycles. The molecule has 3 amide bonds. The quantitative estimate of drug-likeness (QED) is 0.573. The maximum Gasteiger partial charge on any atom is 0.312 e. The zero-order chi connectivity index (χ0) is 18.6. The number of rotatable bonds is 10. The smallest absolute Gasteiger partial charge is 0.312 e. The van der Waals surface area contributed by atoms with E-state index in [4.69, 9.17) is 5.73 Å². The fourth-order valence-electron chi connectivity index (χ4n) is 2.96. The molecule has 0 aliphatic carbocycles. The molecule has 0 saturated heterocycles. The van der Waals surface area contributed by atoms with Gasteiger partial charge in [0.05, 0.1) is 0 Å². The number of hydrogen-bond acceptors (Lipinski definition) is 2. The largest absolute Gasteiger partial charge is 0.356 e. The van der Waals surface area contributed by atoms with Gasteiger partial charge in [0.2, 0.25) is 5.91 Å². The fraction of sp³-hybridized carbons (Fsp3) is 0.333. The third-order valence-corrected chi connectivity index (χ3v) is 4.29. The average molecular weight is 353 g/mol. The van der Waals surface area contributed by atoms with E-state index in [1.165, 1.54) is 11.1 Å². The highest BCUT2D eigenvalue weighted by atomic mass is 16.2. The molecule has 0 heterocycles. The van der Waals surface area contributed by atoms with Crippen molar-refractivity contribution in [2.45, 2.75) is 31.6 Å². The highest BCUT2D eigenvalue weighted by molar-refractivity contribution is 5.75. The standard InChI is InChI=1S/C21H27N3O2/c22-21(26)24-15-8-7-13-20(25)23-16-14-19(17-9-3-1-4-10-17)18-11-5-2-6-12-18/h1-6,9-12,19H,7-8,13-16H2,(H,23,25)(H3,22,24,26). The molecule has 5 heteroatoms. The number of nitrogens with two attached hydrogens (primary N) is 1. The van der Waals surface area contributed by atoms with E-state index in [2.05, 4.69) is 34.9 Å². The molecule has 0 aromatic heterocycles. The summed E-state index contributed by atoms with van der Waals surface area (Å²) in [4.78, 5) is 22.5. The SMILES string of the molecule is NC(=O)NCCCCC(=O)NCCC(c1ccccc1)c1ccccc1. The monoisotopic (exact) mass is 353 g/mol. The van der Waals surface area contributed by atoms with Gasteiger partial charge in [0.25, 0.3) is 0 Å². The van der Waals surface area contributed by atoms with Crippen LogP contribution >= 0.6 is 0 Å². The van der Waals surface area contributed by atoms with Gasteiger partial charge in [-0.2, -0.15) is 0 Å². The molecule has 138 valence electrons. The number of benzene rings is 2. The number of primary amides is 1. The van der Waals surface area contributed by atoms with Gasteiger partial charge in [0.15, 0.2) is 0 Å². The molecule has 0 unspecified atom stereocenters. The first kappa shape index (κ1) is 19.5. The first-order valence-corrected chi connectivity index (χ1v) is 9.06. The summed E-state index contributed by atoms with van der Waals surface area (Å²) in [6.07, 6.45) is 2.78. The molecule has 0 spiro atoms. The van der Waals surface area contributed by atoms with Crippen LogP contribution in [0.25, 0.3) is 0 Å². The minimum absolute atomic E-state index is 0.0453. The normalized spacial score (nSPS) is 10.5. The molecular formula is C21H27N3O2. The van der Waals surface area contributed by atoms with Crippen LogP contribution in [0, 0.1) is 0 Å². The highest BCUT2D eigenvalue weighted by Gasteiger charge is 2.14. The van der Waals surface area contributed by atoms with Gasteiger partial charge in [0, 0.05) is 25.4 Å². The number of carbonyl (C=O) groups excluding carboxylic acids is 2. The van der Waals surface area contributed by atoms with E-state index in [1.54, 1.807) is 0 Å². The van der Waals surface area contributed by atoms with Gasteiger partial charge >= 0.3 is 6.03 Å². The maximum absolute atomic E-state index is 12.0. The van der Waals surface area contributed by atoms with Crippen molar-refractivity contribution >= 4 is 11.9 Å². The topological polar surface area (TPSA) is 84.2 Å². The molecule has 0 aliphatic rings. The Labute approximate surface area is 155 Å². The summed E-state index contributed by atoms with van der Waals surface area (Å²) >= 11 is 0. The van der Waals surface area contributed by atoms with Crippen molar-refractivity contribution in [2.75, 3.05) is 13.1 Å². The van der Waals surface area contributed by atoms with Crippen LogP contribution in [0.1, 0.15) is 42.7 Å². The van der Waals surface area contributed by atoms with Crippen LogP contribution in [0.4, 0.5) is 4.79 Å². The Morgan fingerprint density at radius 2 is 1.38 bits per heavy atom. The Morgan fingerprint density at radius 1 is 0.808 bits per heavy atom. The molecule has 5 nitrogen and oxygen atoms in total. The van der Waals surface area contributed by atoms with E-state index in [0.29, 0.717) is 19.5 Å². The number of urea groups is 1. The van der Waals surface area contributed by atoms with Gasteiger partial charge in [-0.25, -0.2) is 4.79 Å². The second-order valence-corrected chi connectivity index (χ2v) is 6.26. The lowest BCUT2D eigenvalue weighted by molar-refractivity contribution is -0.121. The van der Waals surface area contributed by atoms with Crippen molar-refractivity contribution in [1.29, 1.82) is 0 Å². The van der Waals surface area contributed by atoms with Crippen molar-refractivity contribution in [3.63, 3.8) is 0 Å². The summed E-state index contributed by atoms with van der Waals surface area (Å²) in [7, 11) is 0. The molecule has 0 radical (unpaired) electrons. The zero-order valence-corrected chi connectivity index (χ0v) is 15.0. The van der Waals surface area contributed by atoms with E-state index in [0.717, 1.165) is 19.3 Å².